The molecule has 0 spiro atoms. The molecule has 5 N–H and O–H groups in total. The van der Waals surface area contributed by atoms with Crippen molar-refractivity contribution in [2.24, 2.45) is 0 Å². The van der Waals surface area contributed by atoms with E-state index in [1.54, 1.807) is 0 Å². The van der Waals surface area contributed by atoms with Crippen molar-refractivity contribution in [1.82, 2.24) is 0 Å². The number of hydrogen-bond donors (Lipinski definition) is 5. The van der Waals surface area contributed by atoms with Crippen LogP contribution >= 0.6 is 15.6 Å². The summed E-state index contributed by atoms with van der Waals surface area (Å²) in [7, 11) is -9.57. The summed E-state index contributed by atoms with van der Waals surface area (Å²) in [4.78, 5) is 43.8. The molecule has 66 heavy (non-hydrogen) atoms. The van der Waals surface area contributed by atoms with Crippen LogP contribution in [0.4, 0.5) is 0 Å². The first-order valence-electron chi connectivity index (χ1n) is 25.3. The van der Waals surface area contributed by atoms with E-state index >= 15 is 0 Å². The van der Waals surface area contributed by atoms with E-state index < -0.39 is 85.5 Å². The van der Waals surface area contributed by atoms with Crippen molar-refractivity contribution in [2.45, 2.75) is 225 Å². The third-order valence-corrected chi connectivity index (χ3v) is 12.5. The van der Waals surface area contributed by atoms with Gasteiger partial charge in [0.25, 0.3) is 0 Å². The van der Waals surface area contributed by atoms with Crippen LogP contribution in [-0.4, -0.2) is 95.0 Å². The Labute approximate surface area is 398 Å². The molecule has 0 fully saturated rings. The van der Waals surface area contributed by atoms with Crippen LogP contribution in [0.1, 0.15) is 206 Å². The maximum Gasteiger partial charge on any atom is 0.472 e. The molecule has 5 unspecified atom stereocenters. The molecule has 5 atom stereocenters. The number of aliphatic hydroxyl groups excluding tert-OH is 3. The van der Waals surface area contributed by atoms with Gasteiger partial charge in [0.05, 0.1) is 26.4 Å². The highest BCUT2D eigenvalue weighted by Gasteiger charge is 2.28. The van der Waals surface area contributed by atoms with E-state index in [1.165, 1.54) is 103 Å². The Morgan fingerprint density at radius 2 is 0.652 bits per heavy atom. The lowest BCUT2D eigenvalue weighted by Crippen LogP contribution is -2.25. The van der Waals surface area contributed by atoms with Crippen LogP contribution in [0.3, 0.4) is 0 Å². The highest BCUT2D eigenvalue weighted by atomic mass is 31.2. The molecule has 0 saturated carbocycles. The number of aliphatic hydroxyl groups is 3. The van der Waals surface area contributed by atoms with Crippen LogP contribution in [0.5, 0.6) is 0 Å². The van der Waals surface area contributed by atoms with Crippen LogP contribution in [0.25, 0.3) is 0 Å². The van der Waals surface area contributed by atoms with Gasteiger partial charge in [-0.25, -0.2) is 9.13 Å². The summed E-state index contributed by atoms with van der Waals surface area (Å²) in [5, 5.41) is 30.0. The molecule has 0 amide bonds. The Hall–Kier alpha value is -1.74. The zero-order valence-corrected chi connectivity index (χ0v) is 42.7. The van der Waals surface area contributed by atoms with Crippen LogP contribution in [0.15, 0.2) is 36.5 Å². The van der Waals surface area contributed by atoms with Gasteiger partial charge in [-0.2, -0.15) is 0 Å². The van der Waals surface area contributed by atoms with E-state index in [0.29, 0.717) is 12.8 Å². The van der Waals surface area contributed by atoms with Crippen molar-refractivity contribution in [1.29, 1.82) is 0 Å². The largest absolute Gasteiger partial charge is 0.472 e. The number of allylic oxidation sites excluding steroid dienone is 6. The number of phosphoric ester groups is 2. The minimum Gasteiger partial charge on any atom is -0.463 e. The van der Waals surface area contributed by atoms with Gasteiger partial charge in [0.1, 0.15) is 31.5 Å². The molecule has 0 bridgehead atoms. The molecule has 0 aromatic carbocycles. The van der Waals surface area contributed by atoms with Gasteiger partial charge in [-0.05, 0) is 70.6 Å². The molecule has 0 aromatic rings. The molecule has 15 nitrogen and oxygen atoms in total. The molecule has 0 saturated heterocycles. The average molecular weight is 983 g/mol. The number of unbranched alkanes of at least 4 members (excludes halogenated alkanes) is 23. The van der Waals surface area contributed by atoms with Crippen LogP contribution in [0, 0.1) is 0 Å². The second kappa shape index (κ2) is 45.7. The second-order valence-electron chi connectivity index (χ2n) is 17.2. The van der Waals surface area contributed by atoms with Crippen molar-refractivity contribution >= 4 is 27.6 Å². The van der Waals surface area contributed by atoms with Gasteiger partial charge in [0, 0.05) is 12.8 Å². The monoisotopic (exact) mass is 983 g/mol. The molecule has 388 valence electrons. The van der Waals surface area contributed by atoms with E-state index in [1.807, 2.05) is 0 Å². The van der Waals surface area contributed by atoms with Crippen molar-refractivity contribution in [2.75, 3.05) is 39.6 Å². The fourth-order valence-electron chi connectivity index (χ4n) is 6.59. The third-order valence-electron chi connectivity index (χ3n) is 10.6. The van der Waals surface area contributed by atoms with Gasteiger partial charge in [0.2, 0.25) is 0 Å². The molecule has 17 heteroatoms. The van der Waals surface area contributed by atoms with Crippen molar-refractivity contribution < 1.29 is 71.4 Å². The molecular formula is C49H92O15P2. The smallest absolute Gasteiger partial charge is 0.463 e. The highest BCUT2D eigenvalue weighted by molar-refractivity contribution is 7.47. The van der Waals surface area contributed by atoms with E-state index in [4.69, 9.17) is 14.0 Å². The van der Waals surface area contributed by atoms with Crippen molar-refractivity contribution in [3.63, 3.8) is 0 Å². The van der Waals surface area contributed by atoms with Gasteiger partial charge in [0.15, 0.2) is 0 Å². The number of hydrogen-bond acceptors (Lipinski definition) is 13. The van der Waals surface area contributed by atoms with E-state index in [0.717, 1.165) is 64.2 Å². The lowest BCUT2D eigenvalue weighted by atomic mass is 10.1. The van der Waals surface area contributed by atoms with E-state index in [2.05, 4.69) is 63.9 Å². The molecule has 0 heterocycles. The minimum absolute atomic E-state index is 0.192. The molecule has 0 aromatic heterocycles. The summed E-state index contributed by atoms with van der Waals surface area (Å²) >= 11 is 0. The molecule has 0 rings (SSSR count). The topological polar surface area (TPSA) is 225 Å². The van der Waals surface area contributed by atoms with Gasteiger partial charge in [-0.1, -0.05) is 159 Å². The summed E-state index contributed by atoms with van der Waals surface area (Å²) in [5.74, 6) is -1.00. The Morgan fingerprint density at radius 3 is 1.00 bits per heavy atom. The Morgan fingerprint density at radius 1 is 0.394 bits per heavy atom. The summed E-state index contributed by atoms with van der Waals surface area (Å²) < 4.78 is 53.0. The molecule has 0 aliphatic heterocycles. The lowest BCUT2D eigenvalue weighted by molar-refractivity contribution is -0.148. The number of esters is 2. The van der Waals surface area contributed by atoms with Gasteiger partial charge >= 0.3 is 27.6 Å². The fourth-order valence-corrected chi connectivity index (χ4v) is 8.18. The number of carbonyl (C=O) groups excluding carboxylic acids is 2. The Balaban J connectivity index is 3.86. The summed E-state index contributed by atoms with van der Waals surface area (Å²) in [6.45, 7) is 0.395. The summed E-state index contributed by atoms with van der Waals surface area (Å²) in [6, 6.07) is 0. The standard InChI is InChI=1S/C49H92O15P2/c1-3-5-7-9-11-13-15-17-19-20-21-22-24-26-28-30-32-34-36-38-49(54)60-40-46(51)42-62-66(57,58)64-44-47(52)43-63-65(55,56)61-41-45(50)39-59-48(53)37-35-33-31-29-27-25-23-18-16-14-12-10-8-6-4-2/h11,13-14,16-17,19,45-47,50-52H,3-10,12,15,18,20-44H2,1-2H3,(H,55,56)(H,57,58)/b13-11-,16-14-,19-17-. The first-order chi connectivity index (χ1) is 31.8. The predicted octanol–water partition coefficient (Wildman–Crippen LogP) is 11.8. The second-order valence-corrected chi connectivity index (χ2v) is 20.1. The summed E-state index contributed by atoms with van der Waals surface area (Å²) in [5.41, 5.74) is 0. The van der Waals surface area contributed by atoms with E-state index in [-0.39, 0.29) is 12.8 Å². The normalized spacial score (nSPS) is 15.3. The highest BCUT2D eigenvalue weighted by Crippen LogP contribution is 2.45. The number of rotatable bonds is 49. The van der Waals surface area contributed by atoms with Crippen molar-refractivity contribution in [3.05, 3.63) is 36.5 Å². The quantitative estimate of drug-likeness (QED) is 0.0165. The first-order valence-corrected chi connectivity index (χ1v) is 28.3. The fraction of sp³-hybridized carbons (Fsp3) is 0.837. The van der Waals surface area contributed by atoms with Crippen LogP contribution < -0.4 is 0 Å². The first kappa shape index (κ1) is 64.3. The van der Waals surface area contributed by atoms with E-state index in [9.17, 15) is 43.8 Å². The average Bonchev–Trinajstić information content (AvgIpc) is 3.29. The molecule has 0 radical (unpaired) electrons. The Kier molecular flexibility index (Phi) is 44.5. The zero-order chi connectivity index (χ0) is 48.8. The van der Waals surface area contributed by atoms with Gasteiger partial charge in [-0.3, -0.25) is 27.7 Å². The Bertz CT molecular complexity index is 1330. The van der Waals surface area contributed by atoms with Crippen LogP contribution in [0.2, 0.25) is 0 Å². The number of phosphoric acid groups is 2. The number of ether oxygens (including phenoxy) is 2. The van der Waals surface area contributed by atoms with Gasteiger partial charge in [-0.15, -0.1) is 0 Å². The minimum atomic E-state index is -4.79. The van der Waals surface area contributed by atoms with Crippen LogP contribution in [-0.2, 0) is 46.3 Å². The lowest BCUT2D eigenvalue weighted by Gasteiger charge is -2.19. The number of carbonyl (C=O) groups is 2. The zero-order valence-electron chi connectivity index (χ0n) is 40.9. The maximum absolute atomic E-state index is 12.2. The molecule has 0 aliphatic rings. The SMILES string of the molecule is CCCCC/C=C\C/C=C\CCCCCCCCCCCC(=O)OCC(O)COP(=O)(O)OCC(O)COP(=O)(O)OCC(O)COC(=O)CCCCCCCCC/C=C\CCCCCC. The summed E-state index contributed by atoms with van der Waals surface area (Å²) in [6.07, 6.45) is 41.2. The maximum atomic E-state index is 12.2. The predicted molar refractivity (Wildman–Crippen MR) is 261 cm³/mol. The van der Waals surface area contributed by atoms with Gasteiger partial charge < -0.3 is 34.6 Å². The van der Waals surface area contributed by atoms with Crippen molar-refractivity contribution in [3.8, 4) is 0 Å². The third kappa shape index (κ3) is 47.3. The molecular weight excluding hydrogens is 890 g/mol. The molecule has 0 aliphatic carbocycles.